The summed E-state index contributed by atoms with van der Waals surface area (Å²) in [4.78, 5) is 98.5. The third kappa shape index (κ3) is 10.0. The smallest absolute Gasteiger partial charge is 0.246 e. The van der Waals surface area contributed by atoms with Crippen LogP contribution < -0.4 is 26.6 Å². The first-order valence-corrected chi connectivity index (χ1v) is 18.1. The number of aliphatic hydroxyl groups is 1. The quantitative estimate of drug-likeness (QED) is 0.214. The zero-order chi connectivity index (χ0) is 37.2. The predicted molar refractivity (Wildman–Crippen MR) is 186 cm³/mol. The molecule has 0 radical (unpaired) electrons. The zero-order valence-corrected chi connectivity index (χ0v) is 30.0. The van der Waals surface area contributed by atoms with Gasteiger partial charge in [-0.15, -0.1) is 0 Å². The minimum atomic E-state index is -1.43. The van der Waals surface area contributed by atoms with Gasteiger partial charge in [-0.1, -0.05) is 64.4 Å². The molecule has 1 aromatic carbocycles. The second kappa shape index (κ2) is 18.1. The molecule has 0 unspecified atom stereocenters. The van der Waals surface area contributed by atoms with Gasteiger partial charge in [-0.25, -0.2) is 0 Å². The minimum absolute atomic E-state index is 0.0341. The first kappa shape index (κ1) is 39.3. The third-order valence-electron chi connectivity index (χ3n) is 9.95. The Morgan fingerprint density at radius 3 is 1.98 bits per heavy atom. The van der Waals surface area contributed by atoms with Crippen molar-refractivity contribution in [2.24, 2.45) is 11.8 Å². The van der Waals surface area contributed by atoms with E-state index in [0.29, 0.717) is 38.6 Å². The Kier molecular flexibility index (Phi) is 13.9. The average Bonchev–Trinajstić information content (AvgIpc) is 3.81. The molecule has 0 saturated carbocycles. The van der Waals surface area contributed by atoms with Crippen molar-refractivity contribution >= 4 is 41.4 Å². The van der Waals surface area contributed by atoms with Gasteiger partial charge in [0.05, 0.1) is 13.2 Å². The Balaban J connectivity index is 1.69. The van der Waals surface area contributed by atoms with Crippen molar-refractivity contribution in [2.45, 2.75) is 109 Å². The van der Waals surface area contributed by atoms with Crippen molar-refractivity contribution in [3.8, 4) is 0 Å². The highest BCUT2D eigenvalue weighted by Gasteiger charge is 2.44. The SMILES string of the molecule is CC[C@@H](C)[C@@H]1NC(=O)[C@@H]2CCCN2C(=O)[C@@H]2CCCN2C(=O)[C@H](CC(C)C)NC(=O)[C@H](CO)NC(=O)CNC(=O)[C@H](Cc2ccccc2)NC1=O. The third-order valence-corrected chi connectivity index (χ3v) is 9.95. The van der Waals surface area contributed by atoms with E-state index in [9.17, 15) is 38.7 Å². The van der Waals surface area contributed by atoms with E-state index in [1.165, 1.54) is 9.80 Å². The Morgan fingerprint density at radius 1 is 0.725 bits per heavy atom. The maximum absolute atomic E-state index is 14.1. The van der Waals surface area contributed by atoms with Crippen molar-refractivity contribution in [1.82, 2.24) is 36.4 Å². The lowest BCUT2D eigenvalue weighted by Crippen LogP contribution is -2.60. The molecule has 51 heavy (non-hydrogen) atoms. The van der Waals surface area contributed by atoms with E-state index in [2.05, 4.69) is 26.6 Å². The summed E-state index contributed by atoms with van der Waals surface area (Å²) in [6.45, 7) is 6.68. The van der Waals surface area contributed by atoms with Crippen molar-refractivity contribution in [2.75, 3.05) is 26.2 Å². The van der Waals surface area contributed by atoms with Gasteiger partial charge in [-0.3, -0.25) is 33.6 Å². The number of nitrogens with one attached hydrogen (secondary N) is 5. The number of nitrogens with zero attached hydrogens (tertiary/aromatic N) is 2. The predicted octanol–water partition coefficient (Wildman–Crippen LogP) is -0.635. The molecule has 7 amide bonds. The summed E-state index contributed by atoms with van der Waals surface area (Å²) < 4.78 is 0. The van der Waals surface area contributed by atoms with Crippen LogP contribution >= 0.6 is 0 Å². The summed E-state index contributed by atoms with van der Waals surface area (Å²) >= 11 is 0. The van der Waals surface area contributed by atoms with E-state index in [1.54, 1.807) is 24.3 Å². The fourth-order valence-corrected chi connectivity index (χ4v) is 6.95. The topological polar surface area (TPSA) is 206 Å². The fraction of sp³-hybridized carbons (Fsp3) is 0.639. The molecule has 15 heteroatoms. The number of fused-ring (bicyclic) bond motifs is 2. The minimum Gasteiger partial charge on any atom is -0.394 e. The van der Waals surface area contributed by atoms with Crippen LogP contribution in [0.2, 0.25) is 0 Å². The summed E-state index contributed by atoms with van der Waals surface area (Å²) in [5.41, 5.74) is 0.737. The van der Waals surface area contributed by atoms with Gasteiger partial charge in [-0.2, -0.15) is 0 Å². The number of aliphatic hydroxyl groups excluding tert-OH is 1. The van der Waals surface area contributed by atoms with Crippen molar-refractivity contribution in [3.63, 3.8) is 0 Å². The number of rotatable bonds is 7. The molecular formula is C36H53N7O8. The van der Waals surface area contributed by atoms with E-state index in [1.807, 2.05) is 33.8 Å². The molecule has 280 valence electrons. The zero-order valence-electron chi connectivity index (χ0n) is 30.0. The van der Waals surface area contributed by atoms with Crippen LogP contribution in [-0.4, -0.2) is 119 Å². The molecule has 15 nitrogen and oxygen atoms in total. The highest BCUT2D eigenvalue weighted by Crippen LogP contribution is 2.27. The molecule has 3 fully saturated rings. The second-order valence-electron chi connectivity index (χ2n) is 14.2. The van der Waals surface area contributed by atoms with Crippen molar-refractivity contribution in [3.05, 3.63) is 35.9 Å². The van der Waals surface area contributed by atoms with Crippen LogP contribution in [0.1, 0.15) is 71.8 Å². The molecule has 0 bridgehead atoms. The lowest BCUT2D eigenvalue weighted by atomic mass is 9.96. The second-order valence-corrected chi connectivity index (χ2v) is 14.2. The maximum atomic E-state index is 14.1. The standard InChI is InChI=1S/C36H53N7O8/c1-5-22(4)30-34(49)39-24(18-23-11-7-6-8-12-23)31(46)37-19-29(45)38-26(20-44)32(47)40-25(17-21(2)3)35(50)43-16-10-14-28(43)36(51)42-15-9-13-27(42)33(48)41-30/h6-8,11-12,21-22,24-28,30,44H,5,9-10,13-20H2,1-4H3,(H,37,46)(H,38,45)(H,39,49)(H,40,47)(H,41,48)/t22-,24+,25+,26+,27+,28+,30+/m1/s1. The lowest BCUT2D eigenvalue weighted by Gasteiger charge is -2.34. The van der Waals surface area contributed by atoms with Gasteiger partial charge in [0, 0.05) is 19.5 Å². The number of amides is 7. The normalized spacial score (nSPS) is 28.2. The Bertz CT molecular complexity index is 1440. The summed E-state index contributed by atoms with van der Waals surface area (Å²) in [6, 6.07) is 2.62. The van der Waals surface area contributed by atoms with Gasteiger partial charge in [0.1, 0.15) is 36.3 Å². The Hall–Kier alpha value is -4.53. The number of hydrogen-bond acceptors (Lipinski definition) is 8. The van der Waals surface area contributed by atoms with E-state index in [-0.39, 0.29) is 37.1 Å². The molecule has 4 rings (SSSR count). The summed E-state index contributed by atoms with van der Waals surface area (Å²) in [5, 5.41) is 23.3. The number of benzene rings is 1. The van der Waals surface area contributed by atoms with Crippen molar-refractivity contribution in [1.29, 1.82) is 0 Å². The van der Waals surface area contributed by atoms with E-state index < -0.39 is 84.8 Å². The van der Waals surface area contributed by atoms with Crippen LogP contribution in [0.5, 0.6) is 0 Å². The highest BCUT2D eigenvalue weighted by atomic mass is 16.3. The first-order valence-electron chi connectivity index (χ1n) is 18.1. The summed E-state index contributed by atoms with van der Waals surface area (Å²) in [6.07, 6.45) is 2.71. The fourth-order valence-electron chi connectivity index (χ4n) is 6.95. The molecule has 3 heterocycles. The molecule has 3 aliphatic heterocycles. The molecule has 0 aromatic heterocycles. The average molecular weight is 712 g/mol. The maximum Gasteiger partial charge on any atom is 0.246 e. The number of carbonyl (C=O) groups is 7. The van der Waals surface area contributed by atoms with Crippen LogP contribution in [0.15, 0.2) is 30.3 Å². The largest absolute Gasteiger partial charge is 0.394 e. The molecule has 0 spiro atoms. The molecule has 1 aromatic rings. The first-order chi connectivity index (χ1) is 24.3. The van der Waals surface area contributed by atoms with Crippen LogP contribution in [-0.2, 0) is 40.0 Å². The molecule has 6 N–H and O–H groups in total. The monoisotopic (exact) mass is 711 g/mol. The van der Waals surface area contributed by atoms with Gasteiger partial charge >= 0.3 is 0 Å². The van der Waals surface area contributed by atoms with Crippen LogP contribution in [0.25, 0.3) is 0 Å². The summed E-state index contributed by atoms with van der Waals surface area (Å²) in [7, 11) is 0. The Labute approximate surface area is 299 Å². The highest BCUT2D eigenvalue weighted by molar-refractivity contribution is 5.98. The Morgan fingerprint density at radius 2 is 1.35 bits per heavy atom. The van der Waals surface area contributed by atoms with Crippen LogP contribution in [0.3, 0.4) is 0 Å². The molecule has 3 aliphatic rings. The number of hydrogen-bond donors (Lipinski definition) is 6. The van der Waals surface area contributed by atoms with E-state index in [0.717, 1.165) is 5.56 Å². The van der Waals surface area contributed by atoms with Crippen LogP contribution in [0.4, 0.5) is 0 Å². The van der Waals surface area contributed by atoms with Gasteiger partial charge in [-0.05, 0) is 49.5 Å². The van der Waals surface area contributed by atoms with Gasteiger partial charge < -0.3 is 41.5 Å². The lowest BCUT2D eigenvalue weighted by molar-refractivity contribution is -0.148. The molecule has 0 aliphatic carbocycles. The van der Waals surface area contributed by atoms with Crippen LogP contribution in [0, 0.1) is 11.8 Å². The van der Waals surface area contributed by atoms with E-state index >= 15 is 0 Å². The van der Waals surface area contributed by atoms with Crippen molar-refractivity contribution < 1.29 is 38.7 Å². The number of carbonyl (C=O) groups excluding carboxylic acids is 7. The molecule has 3 saturated heterocycles. The summed E-state index contributed by atoms with van der Waals surface area (Å²) in [5.74, 6) is -4.56. The molecule has 7 atom stereocenters. The van der Waals surface area contributed by atoms with E-state index in [4.69, 9.17) is 0 Å². The van der Waals surface area contributed by atoms with Gasteiger partial charge in [0.15, 0.2) is 0 Å². The molecular weight excluding hydrogens is 658 g/mol. The van der Waals surface area contributed by atoms with Gasteiger partial charge in [0.2, 0.25) is 41.4 Å². The van der Waals surface area contributed by atoms with Gasteiger partial charge in [0.25, 0.3) is 0 Å².